The molecule has 1 aromatic heterocycles. The zero-order valence-corrected chi connectivity index (χ0v) is 16.1. The molecule has 1 amide bonds. The molecule has 144 valence electrons. The summed E-state index contributed by atoms with van der Waals surface area (Å²) in [6.45, 7) is 5.08. The molecule has 0 radical (unpaired) electrons. The second-order valence-corrected chi connectivity index (χ2v) is 8.49. The standard InChI is InChI=1S/C18H27N3O4S/c1-10(2)20-7-12(22)9-25-18-21-8-16(26-18)17(24)19-4-3-13-14-5-11(14)6-15(13)23/h8,10-14,20,22H,3-7,9H2,1-2H3,(H,19,24). The minimum atomic E-state index is -0.631. The van der Waals surface area contributed by atoms with E-state index < -0.39 is 6.10 Å². The molecule has 2 saturated carbocycles. The van der Waals surface area contributed by atoms with Crippen molar-refractivity contribution < 1.29 is 19.4 Å². The molecule has 8 heteroatoms. The number of carbonyl (C=O) groups is 2. The number of ether oxygens (including phenoxy) is 1. The van der Waals surface area contributed by atoms with Crippen LogP contribution in [0.15, 0.2) is 6.20 Å². The smallest absolute Gasteiger partial charge is 0.273 e. The number of nitrogens with zero attached hydrogens (tertiary/aromatic N) is 1. The van der Waals surface area contributed by atoms with E-state index in [2.05, 4.69) is 15.6 Å². The molecule has 1 heterocycles. The van der Waals surface area contributed by atoms with E-state index in [9.17, 15) is 14.7 Å². The normalized spacial score (nSPS) is 25.2. The highest BCUT2D eigenvalue weighted by Gasteiger charge is 2.52. The Kier molecular flexibility index (Phi) is 6.26. The fourth-order valence-corrected chi connectivity index (χ4v) is 4.17. The zero-order valence-electron chi connectivity index (χ0n) is 15.2. The monoisotopic (exact) mass is 381 g/mol. The number of hydrogen-bond acceptors (Lipinski definition) is 7. The summed E-state index contributed by atoms with van der Waals surface area (Å²) in [4.78, 5) is 28.5. The van der Waals surface area contributed by atoms with Crippen molar-refractivity contribution >= 4 is 23.0 Å². The summed E-state index contributed by atoms with van der Waals surface area (Å²) in [6.07, 6.45) is 3.48. The van der Waals surface area contributed by atoms with Crippen LogP contribution in [-0.2, 0) is 4.79 Å². The van der Waals surface area contributed by atoms with Gasteiger partial charge in [0.25, 0.3) is 11.1 Å². The molecular formula is C18H27N3O4S. The highest BCUT2D eigenvalue weighted by molar-refractivity contribution is 7.15. The predicted octanol–water partition coefficient (Wildman–Crippen LogP) is 1.23. The number of amides is 1. The van der Waals surface area contributed by atoms with Gasteiger partial charge >= 0.3 is 0 Å². The molecule has 26 heavy (non-hydrogen) atoms. The SMILES string of the molecule is CC(C)NCC(O)COc1ncc(C(=O)NCCC2C(=O)CC3CC32)s1. The van der Waals surface area contributed by atoms with Gasteiger partial charge in [-0.2, -0.15) is 0 Å². The van der Waals surface area contributed by atoms with E-state index in [1.54, 1.807) is 0 Å². The lowest BCUT2D eigenvalue weighted by molar-refractivity contribution is -0.121. The zero-order chi connectivity index (χ0) is 18.7. The first-order valence-corrected chi connectivity index (χ1v) is 10.1. The quantitative estimate of drug-likeness (QED) is 0.564. The highest BCUT2D eigenvalue weighted by Crippen LogP contribution is 2.54. The van der Waals surface area contributed by atoms with Crippen LogP contribution >= 0.6 is 11.3 Å². The predicted molar refractivity (Wildman–Crippen MR) is 98.4 cm³/mol. The topological polar surface area (TPSA) is 101 Å². The van der Waals surface area contributed by atoms with Crippen molar-refractivity contribution in [1.29, 1.82) is 0 Å². The van der Waals surface area contributed by atoms with Gasteiger partial charge in [-0.15, -0.1) is 0 Å². The number of aromatic nitrogens is 1. The molecule has 2 aliphatic rings. The van der Waals surface area contributed by atoms with E-state index in [0.29, 0.717) is 46.8 Å². The van der Waals surface area contributed by atoms with Crippen LogP contribution in [0.25, 0.3) is 0 Å². The van der Waals surface area contributed by atoms with Gasteiger partial charge in [-0.1, -0.05) is 25.2 Å². The molecule has 2 fully saturated rings. The number of nitrogens with one attached hydrogen (secondary N) is 2. The van der Waals surface area contributed by atoms with E-state index >= 15 is 0 Å². The van der Waals surface area contributed by atoms with Crippen molar-refractivity contribution in [1.82, 2.24) is 15.6 Å². The average molecular weight is 381 g/mol. The first kappa shape index (κ1) is 19.3. The Labute approximate surface area is 157 Å². The molecular weight excluding hydrogens is 354 g/mol. The number of ketones is 1. The van der Waals surface area contributed by atoms with Crippen molar-refractivity contribution in [2.75, 3.05) is 19.7 Å². The second kappa shape index (κ2) is 8.45. The first-order valence-electron chi connectivity index (χ1n) is 9.25. The number of aliphatic hydroxyl groups excluding tert-OH is 1. The van der Waals surface area contributed by atoms with Gasteiger partial charge in [-0.05, 0) is 24.7 Å². The van der Waals surface area contributed by atoms with E-state index in [4.69, 9.17) is 4.74 Å². The van der Waals surface area contributed by atoms with Crippen molar-refractivity contribution in [2.24, 2.45) is 17.8 Å². The molecule has 0 bridgehead atoms. The van der Waals surface area contributed by atoms with Gasteiger partial charge in [0.05, 0.1) is 6.20 Å². The largest absolute Gasteiger partial charge is 0.467 e. The maximum Gasteiger partial charge on any atom is 0.273 e. The minimum Gasteiger partial charge on any atom is -0.467 e. The third kappa shape index (κ3) is 5.02. The Morgan fingerprint density at radius 3 is 3.00 bits per heavy atom. The third-order valence-electron chi connectivity index (χ3n) is 4.98. The fourth-order valence-electron chi connectivity index (χ4n) is 3.48. The Morgan fingerprint density at radius 2 is 2.31 bits per heavy atom. The minimum absolute atomic E-state index is 0.126. The van der Waals surface area contributed by atoms with Gasteiger partial charge in [-0.3, -0.25) is 9.59 Å². The lowest BCUT2D eigenvalue weighted by Crippen LogP contribution is -2.35. The molecule has 4 unspecified atom stereocenters. The molecule has 7 nitrogen and oxygen atoms in total. The van der Waals surface area contributed by atoms with Crippen LogP contribution in [0.5, 0.6) is 5.19 Å². The molecule has 3 rings (SSSR count). The summed E-state index contributed by atoms with van der Waals surface area (Å²) in [6, 6.07) is 0.296. The van der Waals surface area contributed by atoms with Crippen molar-refractivity contribution in [3.8, 4) is 5.19 Å². The lowest BCUT2D eigenvalue weighted by atomic mass is 9.98. The summed E-state index contributed by atoms with van der Waals surface area (Å²) < 4.78 is 5.44. The summed E-state index contributed by atoms with van der Waals surface area (Å²) in [5.41, 5.74) is 0. The lowest BCUT2D eigenvalue weighted by Gasteiger charge is -2.13. The number of aliphatic hydroxyl groups is 1. The number of hydrogen-bond donors (Lipinski definition) is 3. The Bertz CT molecular complexity index is 648. The highest BCUT2D eigenvalue weighted by atomic mass is 32.1. The average Bonchev–Trinajstić information content (AvgIpc) is 3.04. The molecule has 3 N–H and O–H groups in total. The number of rotatable bonds is 10. The van der Waals surface area contributed by atoms with Crippen LogP contribution in [-0.4, -0.2) is 53.6 Å². The Morgan fingerprint density at radius 1 is 1.50 bits per heavy atom. The van der Waals surface area contributed by atoms with Crippen LogP contribution in [0.4, 0.5) is 0 Å². The molecule has 1 aromatic rings. The molecule has 0 aromatic carbocycles. The molecule has 0 spiro atoms. The van der Waals surface area contributed by atoms with Gasteiger partial charge in [0.1, 0.15) is 23.4 Å². The van der Waals surface area contributed by atoms with Gasteiger partial charge in [-0.25, -0.2) is 4.98 Å². The van der Waals surface area contributed by atoms with Gasteiger partial charge in [0.15, 0.2) is 0 Å². The van der Waals surface area contributed by atoms with E-state index in [0.717, 1.165) is 24.2 Å². The van der Waals surface area contributed by atoms with Gasteiger partial charge in [0.2, 0.25) is 0 Å². The Balaban J connectivity index is 1.36. The molecule has 0 aliphatic heterocycles. The van der Waals surface area contributed by atoms with Crippen LogP contribution in [0, 0.1) is 17.8 Å². The van der Waals surface area contributed by atoms with E-state index in [-0.39, 0.29) is 18.4 Å². The maximum absolute atomic E-state index is 12.2. The summed E-state index contributed by atoms with van der Waals surface area (Å²) in [5, 5.41) is 16.2. The van der Waals surface area contributed by atoms with E-state index in [1.165, 1.54) is 12.6 Å². The fraction of sp³-hybridized carbons (Fsp3) is 0.722. The van der Waals surface area contributed by atoms with Crippen molar-refractivity contribution in [2.45, 2.75) is 45.3 Å². The first-order chi connectivity index (χ1) is 12.4. The number of fused-ring (bicyclic) bond motifs is 1. The van der Waals surface area contributed by atoms with Crippen molar-refractivity contribution in [3.63, 3.8) is 0 Å². The summed E-state index contributed by atoms with van der Waals surface area (Å²) >= 11 is 1.16. The van der Waals surface area contributed by atoms with Crippen LogP contribution in [0.1, 0.15) is 42.8 Å². The maximum atomic E-state index is 12.2. The second-order valence-electron chi connectivity index (χ2n) is 7.50. The summed E-state index contributed by atoms with van der Waals surface area (Å²) in [7, 11) is 0. The molecule has 2 aliphatic carbocycles. The van der Waals surface area contributed by atoms with Crippen LogP contribution in [0.2, 0.25) is 0 Å². The number of thiazole rings is 1. The third-order valence-corrected chi connectivity index (χ3v) is 5.89. The number of Topliss-reactive ketones (excluding diaryl/α,β-unsaturated/α-hetero) is 1. The van der Waals surface area contributed by atoms with Crippen LogP contribution in [0.3, 0.4) is 0 Å². The molecule has 4 atom stereocenters. The van der Waals surface area contributed by atoms with E-state index in [1.807, 2.05) is 13.8 Å². The molecule has 0 saturated heterocycles. The Hall–Kier alpha value is -1.51. The van der Waals surface area contributed by atoms with Gasteiger partial charge in [0, 0.05) is 31.5 Å². The van der Waals surface area contributed by atoms with Crippen LogP contribution < -0.4 is 15.4 Å². The van der Waals surface area contributed by atoms with Gasteiger partial charge < -0.3 is 20.5 Å². The van der Waals surface area contributed by atoms with Crippen molar-refractivity contribution in [3.05, 3.63) is 11.1 Å². The number of carbonyl (C=O) groups excluding carboxylic acids is 2. The summed E-state index contributed by atoms with van der Waals surface area (Å²) in [5.74, 6) is 1.49.